The van der Waals surface area contributed by atoms with Crippen molar-refractivity contribution in [3.05, 3.63) is 128 Å². The summed E-state index contributed by atoms with van der Waals surface area (Å²) in [6.45, 7) is 6.68. The summed E-state index contributed by atoms with van der Waals surface area (Å²) in [6.07, 6.45) is 8.51. The van der Waals surface area contributed by atoms with E-state index in [0.717, 1.165) is 64.5 Å². The number of halogens is 3. The summed E-state index contributed by atoms with van der Waals surface area (Å²) in [5, 5.41) is 13.3. The van der Waals surface area contributed by atoms with Crippen LogP contribution in [0.2, 0.25) is 5.02 Å². The average molecular weight is 901 g/mol. The van der Waals surface area contributed by atoms with Gasteiger partial charge in [0.25, 0.3) is 21.6 Å². The van der Waals surface area contributed by atoms with Gasteiger partial charge in [0.15, 0.2) is 5.79 Å². The number of pyridine rings is 1. The van der Waals surface area contributed by atoms with E-state index < -0.39 is 37.2 Å². The van der Waals surface area contributed by atoms with Crippen molar-refractivity contribution in [1.29, 1.82) is 0 Å². The van der Waals surface area contributed by atoms with Crippen LogP contribution in [0.5, 0.6) is 11.5 Å². The summed E-state index contributed by atoms with van der Waals surface area (Å²) in [5.74, 6) is -2.96. The molecule has 4 heterocycles. The molecule has 5 aromatic rings. The van der Waals surface area contributed by atoms with E-state index in [4.69, 9.17) is 21.1 Å². The molecule has 0 unspecified atom stereocenters. The van der Waals surface area contributed by atoms with Crippen molar-refractivity contribution in [2.24, 2.45) is 5.41 Å². The molecule has 1 saturated heterocycles. The molecule has 17 heteroatoms. The van der Waals surface area contributed by atoms with Crippen molar-refractivity contribution in [2.45, 2.75) is 63.1 Å². The first kappa shape index (κ1) is 43.9. The molecule has 0 spiro atoms. The number of carbonyl (C=O) groups excluding carboxylic acids is 1. The number of nitro groups is 1. The third-order valence-corrected chi connectivity index (χ3v) is 13.8. The highest BCUT2D eigenvalue weighted by Gasteiger charge is 2.40. The van der Waals surface area contributed by atoms with Crippen LogP contribution in [-0.2, 0) is 14.8 Å². The molecule has 330 valence electrons. The maximum atomic E-state index is 15.8. The van der Waals surface area contributed by atoms with Crippen LogP contribution in [0.1, 0.15) is 73.9 Å². The summed E-state index contributed by atoms with van der Waals surface area (Å²) in [5.41, 5.74) is 4.35. The Bertz CT molecular complexity index is 2790. The lowest BCUT2D eigenvalue weighted by atomic mass is 9.72. The summed E-state index contributed by atoms with van der Waals surface area (Å²) in [7, 11) is -3.32. The van der Waals surface area contributed by atoms with Crippen LogP contribution in [0.15, 0.2) is 95.7 Å². The number of fused-ring (bicyclic) bond motifs is 1. The Morgan fingerprint density at radius 3 is 2.60 bits per heavy atom. The molecule has 0 saturated carbocycles. The Hall–Kier alpha value is -5.68. The highest BCUT2D eigenvalue weighted by Crippen LogP contribution is 2.45. The molecule has 63 heavy (non-hydrogen) atoms. The van der Waals surface area contributed by atoms with Crippen LogP contribution in [0.25, 0.3) is 22.2 Å². The second-order valence-corrected chi connectivity index (χ2v) is 19.2. The lowest BCUT2D eigenvalue weighted by Crippen LogP contribution is -2.47. The molecule has 3 aromatic carbocycles. The fourth-order valence-corrected chi connectivity index (χ4v) is 9.73. The van der Waals surface area contributed by atoms with Crippen molar-refractivity contribution in [2.75, 3.05) is 44.8 Å². The summed E-state index contributed by atoms with van der Waals surface area (Å²) in [6, 6.07) is 16.3. The number of alkyl halides is 1. The maximum Gasteiger partial charge on any atom is 0.293 e. The number of nitro benzene ring substituents is 1. The number of carbonyl (C=O) groups is 1. The molecule has 0 atom stereocenters. The predicted molar refractivity (Wildman–Crippen MR) is 238 cm³/mol. The zero-order valence-electron chi connectivity index (χ0n) is 35.0. The van der Waals surface area contributed by atoms with E-state index in [1.807, 2.05) is 10.8 Å². The number of anilines is 1. The van der Waals surface area contributed by atoms with E-state index in [9.17, 15) is 23.3 Å². The Morgan fingerprint density at radius 1 is 1.08 bits per heavy atom. The second-order valence-electron chi connectivity index (χ2n) is 17.1. The van der Waals surface area contributed by atoms with Gasteiger partial charge in [-0.25, -0.2) is 26.9 Å². The monoisotopic (exact) mass is 900 g/mol. The number of benzene rings is 3. The van der Waals surface area contributed by atoms with Gasteiger partial charge in [0.1, 0.15) is 28.7 Å². The van der Waals surface area contributed by atoms with Crippen LogP contribution in [-0.4, -0.2) is 79.8 Å². The van der Waals surface area contributed by atoms with Gasteiger partial charge in [0.05, 0.1) is 34.8 Å². The Labute approximate surface area is 368 Å². The second kappa shape index (κ2) is 17.5. The highest BCUT2D eigenvalue weighted by molar-refractivity contribution is 7.90. The van der Waals surface area contributed by atoms with Gasteiger partial charge in [-0.05, 0) is 96.3 Å². The van der Waals surface area contributed by atoms with Crippen molar-refractivity contribution in [1.82, 2.24) is 19.6 Å². The Balaban J connectivity index is 1.05. The molecule has 1 aliphatic carbocycles. The van der Waals surface area contributed by atoms with Crippen LogP contribution < -0.4 is 14.4 Å². The van der Waals surface area contributed by atoms with Gasteiger partial charge in [-0.2, -0.15) is 0 Å². The number of sulfonamides is 1. The number of nitrogens with zero attached hydrogens (tertiary/aromatic N) is 4. The van der Waals surface area contributed by atoms with Crippen molar-refractivity contribution >= 4 is 61.1 Å². The molecule has 1 fully saturated rings. The quantitative estimate of drug-likeness (QED) is 0.0701. The third-order valence-electron chi connectivity index (χ3n) is 12.3. The number of H-pyrrole nitrogens is 1. The van der Waals surface area contributed by atoms with Crippen molar-refractivity contribution in [3.8, 4) is 11.5 Å². The zero-order chi connectivity index (χ0) is 44.7. The molecule has 8 rings (SSSR count). The Kier molecular flexibility index (Phi) is 12.2. The van der Waals surface area contributed by atoms with Gasteiger partial charge in [0.2, 0.25) is 0 Å². The number of aromatic nitrogens is 2. The van der Waals surface area contributed by atoms with Gasteiger partial charge in [-0.3, -0.25) is 19.8 Å². The van der Waals surface area contributed by atoms with Gasteiger partial charge >= 0.3 is 0 Å². The number of rotatable bonds is 12. The highest BCUT2D eigenvalue weighted by atomic mass is 35.5. The fourth-order valence-electron chi connectivity index (χ4n) is 8.58. The van der Waals surface area contributed by atoms with E-state index in [1.54, 1.807) is 36.5 Å². The zero-order valence-corrected chi connectivity index (χ0v) is 36.6. The minimum absolute atomic E-state index is 0.0299. The van der Waals surface area contributed by atoms with Gasteiger partial charge in [0, 0.05) is 67.8 Å². The van der Waals surface area contributed by atoms with Gasteiger partial charge in [-0.1, -0.05) is 49.2 Å². The minimum atomic E-state index is -4.69. The van der Waals surface area contributed by atoms with Crippen LogP contribution in [0.4, 0.5) is 20.2 Å². The molecule has 2 aromatic heterocycles. The average Bonchev–Trinajstić information content (AvgIpc) is 3.72. The normalized spacial score (nSPS) is 17.9. The van der Waals surface area contributed by atoms with Crippen molar-refractivity contribution in [3.63, 3.8) is 0 Å². The predicted octanol–water partition coefficient (Wildman–Crippen LogP) is 9.84. The first-order chi connectivity index (χ1) is 30.0. The molecule has 0 radical (unpaired) electrons. The van der Waals surface area contributed by atoms with E-state index in [0.29, 0.717) is 48.0 Å². The van der Waals surface area contributed by atoms with Crippen LogP contribution in [0.3, 0.4) is 0 Å². The van der Waals surface area contributed by atoms with E-state index in [2.05, 4.69) is 34.8 Å². The fraction of sp³-hybridized carbons (Fsp3) is 0.348. The number of hydrogen-bond acceptors (Lipinski definition) is 10. The van der Waals surface area contributed by atoms with E-state index in [-0.39, 0.29) is 54.3 Å². The SMILES string of the molecule is CN(c1ccc(S(=O)(=O)NC(=O)c2ccc(C3=CCN(CC4=C(c5ccc(Cl)cc5F)CC(C)(C)CC4)CC3)cc2Oc2cnc3[nH]ccc3c2)cc1[N+](=O)[O-])C1(F)CCOCC1. The molecule has 2 aliphatic heterocycles. The maximum absolute atomic E-state index is 15.8. The summed E-state index contributed by atoms with van der Waals surface area (Å²) in [4.78, 5) is 35.6. The molecule has 0 bridgehead atoms. The lowest BCUT2D eigenvalue weighted by Gasteiger charge is -2.38. The first-order valence-corrected chi connectivity index (χ1v) is 22.5. The minimum Gasteiger partial charge on any atom is -0.455 e. The number of ether oxygens (including phenoxy) is 2. The number of amides is 1. The standard InChI is InChI=1S/C46H47ClF2N6O7S/c1-45(2)14-10-32(38(26-45)36-8-5-33(47)24-39(36)48)28-54-18-12-29(13-19-54)30-4-7-37(42(23-30)62-34-22-31-11-17-50-43(31)51-27-34)44(56)52-63(59,60)35-6-9-40(41(25-35)55(57)58)53(3)46(49)15-20-61-21-16-46/h4-9,11-12,17,22-25,27H,10,13-16,18-21,26,28H2,1-3H3,(H,50,51)(H,52,56). The van der Waals surface area contributed by atoms with Crippen LogP contribution >= 0.6 is 11.6 Å². The van der Waals surface area contributed by atoms with Crippen LogP contribution in [0, 0.1) is 21.3 Å². The molecule has 1 amide bonds. The van der Waals surface area contributed by atoms with Gasteiger partial charge < -0.3 is 19.4 Å². The number of aromatic amines is 1. The van der Waals surface area contributed by atoms with E-state index in [1.165, 1.54) is 31.0 Å². The molecular formula is C46H47ClF2N6O7S. The summed E-state index contributed by atoms with van der Waals surface area (Å²) < 4.78 is 72.1. The molecule has 3 aliphatic rings. The number of nitrogens with one attached hydrogen (secondary N) is 2. The largest absolute Gasteiger partial charge is 0.455 e. The smallest absolute Gasteiger partial charge is 0.293 e. The third kappa shape index (κ3) is 9.49. The topological polar surface area (TPSA) is 160 Å². The first-order valence-electron chi connectivity index (χ1n) is 20.7. The summed E-state index contributed by atoms with van der Waals surface area (Å²) >= 11 is 6.10. The molecular weight excluding hydrogens is 854 g/mol. The molecule has 2 N–H and O–H groups in total. The number of hydrogen-bond donors (Lipinski definition) is 2. The molecule has 13 nitrogen and oxygen atoms in total. The lowest BCUT2D eigenvalue weighted by molar-refractivity contribution is -0.384. The number of allylic oxidation sites excluding steroid dienone is 1. The van der Waals surface area contributed by atoms with E-state index >= 15 is 8.78 Å². The Morgan fingerprint density at radius 2 is 1.87 bits per heavy atom. The van der Waals surface area contributed by atoms with Crippen molar-refractivity contribution < 1.29 is 36.4 Å². The van der Waals surface area contributed by atoms with Gasteiger partial charge in [-0.15, -0.1) is 0 Å².